The standard InChI is InChI=1S/C13H11N3O/c17-13-12(14-8-15-16-13)11-7-3-5-9-4-1-2-6-10(9)11/h1-8,12H,(H,14,15)(H,16,17). The molecule has 0 saturated heterocycles. The van der Waals surface area contributed by atoms with Gasteiger partial charge in [-0.2, -0.15) is 0 Å². The summed E-state index contributed by atoms with van der Waals surface area (Å²) in [4.78, 5) is 15.9. The Morgan fingerprint density at radius 3 is 2.76 bits per heavy atom. The van der Waals surface area contributed by atoms with Crippen molar-refractivity contribution >= 4 is 23.0 Å². The lowest BCUT2D eigenvalue weighted by molar-refractivity contribution is -0.123. The van der Waals surface area contributed by atoms with Gasteiger partial charge in [-0.15, -0.1) is 0 Å². The first-order valence-electron chi connectivity index (χ1n) is 5.41. The molecule has 1 unspecified atom stereocenters. The maximum Gasteiger partial charge on any atom is 0.267 e. The summed E-state index contributed by atoms with van der Waals surface area (Å²) >= 11 is 0. The molecule has 0 spiro atoms. The van der Waals surface area contributed by atoms with E-state index in [1.165, 1.54) is 6.34 Å². The molecule has 0 saturated carbocycles. The second-order valence-corrected chi connectivity index (χ2v) is 3.88. The summed E-state index contributed by atoms with van der Waals surface area (Å²) in [5.74, 6) is -0.135. The fraction of sp³-hybridized carbons (Fsp3) is 0.0769. The van der Waals surface area contributed by atoms with Gasteiger partial charge in [-0.25, -0.2) is 0 Å². The van der Waals surface area contributed by atoms with Gasteiger partial charge < -0.3 is 0 Å². The van der Waals surface area contributed by atoms with Crippen LogP contribution in [0.15, 0.2) is 47.5 Å². The van der Waals surface area contributed by atoms with Crippen molar-refractivity contribution in [1.82, 2.24) is 10.9 Å². The van der Waals surface area contributed by atoms with E-state index in [4.69, 9.17) is 0 Å². The zero-order valence-corrected chi connectivity index (χ0v) is 9.05. The third-order valence-electron chi connectivity index (χ3n) is 2.85. The molecule has 2 N–H and O–H groups in total. The quantitative estimate of drug-likeness (QED) is 0.773. The number of nitrogens with zero attached hydrogens (tertiary/aromatic N) is 1. The Labute approximate surface area is 98.3 Å². The summed E-state index contributed by atoms with van der Waals surface area (Å²) in [6, 6.07) is 13.4. The molecule has 17 heavy (non-hydrogen) atoms. The number of nitrogens with one attached hydrogen (secondary N) is 2. The van der Waals surface area contributed by atoms with Gasteiger partial charge in [-0.3, -0.25) is 20.6 Å². The van der Waals surface area contributed by atoms with E-state index in [0.29, 0.717) is 0 Å². The Morgan fingerprint density at radius 1 is 1.06 bits per heavy atom. The number of aliphatic imine (C=N–C) groups is 1. The smallest absolute Gasteiger partial charge is 0.267 e. The lowest BCUT2D eigenvalue weighted by atomic mass is 9.98. The molecule has 0 aliphatic carbocycles. The monoisotopic (exact) mass is 225 g/mol. The van der Waals surface area contributed by atoms with Crippen LogP contribution in [0.3, 0.4) is 0 Å². The molecule has 0 aromatic heterocycles. The van der Waals surface area contributed by atoms with Crippen molar-refractivity contribution in [1.29, 1.82) is 0 Å². The van der Waals surface area contributed by atoms with Crippen molar-refractivity contribution < 1.29 is 4.79 Å². The molecule has 1 atom stereocenters. The Bertz CT molecular complexity index is 601. The zero-order valence-electron chi connectivity index (χ0n) is 9.05. The number of carbonyl (C=O) groups excluding carboxylic acids is 1. The number of hydrogen-bond acceptors (Lipinski definition) is 3. The highest BCUT2D eigenvalue weighted by Crippen LogP contribution is 2.27. The molecule has 1 amide bonds. The Kier molecular flexibility index (Phi) is 2.26. The van der Waals surface area contributed by atoms with Gasteiger partial charge in [0.15, 0.2) is 6.04 Å². The number of carbonyl (C=O) groups is 1. The van der Waals surface area contributed by atoms with E-state index < -0.39 is 6.04 Å². The largest absolute Gasteiger partial charge is 0.288 e. The first-order valence-corrected chi connectivity index (χ1v) is 5.41. The molecule has 3 rings (SSSR count). The molecule has 4 nitrogen and oxygen atoms in total. The highest BCUT2D eigenvalue weighted by molar-refractivity contribution is 5.94. The number of benzene rings is 2. The van der Waals surface area contributed by atoms with Gasteiger partial charge in [0.05, 0.1) is 0 Å². The Hall–Kier alpha value is -2.36. The van der Waals surface area contributed by atoms with Crippen LogP contribution >= 0.6 is 0 Å². The first kappa shape index (κ1) is 9.84. The van der Waals surface area contributed by atoms with Gasteiger partial charge in [0.1, 0.15) is 6.34 Å². The minimum absolute atomic E-state index is 0.135. The lowest BCUT2D eigenvalue weighted by Crippen LogP contribution is -2.43. The fourth-order valence-corrected chi connectivity index (χ4v) is 2.06. The van der Waals surface area contributed by atoms with Gasteiger partial charge in [-0.05, 0) is 16.3 Å². The van der Waals surface area contributed by atoms with Crippen LogP contribution in [0.4, 0.5) is 0 Å². The topological polar surface area (TPSA) is 53.5 Å². The number of amides is 1. The molecule has 2 aromatic carbocycles. The lowest BCUT2D eigenvalue weighted by Gasteiger charge is -2.18. The maximum absolute atomic E-state index is 11.8. The Balaban J connectivity index is 2.20. The van der Waals surface area contributed by atoms with Crippen molar-refractivity contribution in [3.63, 3.8) is 0 Å². The summed E-state index contributed by atoms with van der Waals surface area (Å²) in [5, 5.41) is 2.18. The summed E-state index contributed by atoms with van der Waals surface area (Å²) in [6.45, 7) is 0. The van der Waals surface area contributed by atoms with Crippen LogP contribution in [-0.4, -0.2) is 12.2 Å². The molecule has 0 radical (unpaired) electrons. The average Bonchev–Trinajstić information content (AvgIpc) is 2.39. The molecular weight excluding hydrogens is 214 g/mol. The van der Waals surface area contributed by atoms with Gasteiger partial charge in [0.25, 0.3) is 5.91 Å². The van der Waals surface area contributed by atoms with Crippen molar-refractivity contribution in [2.75, 3.05) is 0 Å². The normalized spacial score (nSPS) is 18.8. The van der Waals surface area contributed by atoms with Crippen LogP contribution in [0, 0.1) is 0 Å². The van der Waals surface area contributed by atoms with E-state index in [9.17, 15) is 4.79 Å². The van der Waals surface area contributed by atoms with Crippen molar-refractivity contribution in [3.8, 4) is 0 Å². The van der Waals surface area contributed by atoms with E-state index in [1.54, 1.807) is 0 Å². The summed E-state index contributed by atoms with van der Waals surface area (Å²) in [7, 11) is 0. The second kappa shape index (κ2) is 3.90. The van der Waals surface area contributed by atoms with Crippen molar-refractivity contribution in [2.45, 2.75) is 6.04 Å². The second-order valence-electron chi connectivity index (χ2n) is 3.88. The number of rotatable bonds is 1. The van der Waals surface area contributed by atoms with Gasteiger partial charge in [-0.1, -0.05) is 42.5 Å². The first-order chi connectivity index (χ1) is 8.36. The van der Waals surface area contributed by atoms with E-state index >= 15 is 0 Å². The van der Waals surface area contributed by atoms with Crippen LogP contribution in [0.1, 0.15) is 11.6 Å². The van der Waals surface area contributed by atoms with E-state index in [0.717, 1.165) is 16.3 Å². The van der Waals surface area contributed by atoms with Crippen LogP contribution in [0.25, 0.3) is 10.8 Å². The highest BCUT2D eigenvalue weighted by atomic mass is 16.2. The number of hydrogen-bond donors (Lipinski definition) is 2. The van der Waals surface area contributed by atoms with Gasteiger partial charge in [0.2, 0.25) is 0 Å². The molecule has 0 bridgehead atoms. The van der Waals surface area contributed by atoms with Crippen molar-refractivity contribution in [3.05, 3.63) is 48.0 Å². The molecule has 0 fully saturated rings. The van der Waals surface area contributed by atoms with Gasteiger partial charge >= 0.3 is 0 Å². The van der Waals surface area contributed by atoms with Crippen LogP contribution in [0.2, 0.25) is 0 Å². The predicted octanol–water partition coefficient (Wildman–Crippen LogP) is 1.54. The highest BCUT2D eigenvalue weighted by Gasteiger charge is 2.22. The maximum atomic E-state index is 11.8. The van der Waals surface area contributed by atoms with Crippen LogP contribution in [0.5, 0.6) is 0 Å². The van der Waals surface area contributed by atoms with Crippen LogP contribution in [-0.2, 0) is 4.79 Å². The zero-order chi connectivity index (χ0) is 11.7. The Morgan fingerprint density at radius 2 is 1.88 bits per heavy atom. The molecule has 1 aliphatic heterocycles. The van der Waals surface area contributed by atoms with Crippen molar-refractivity contribution in [2.24, 2.45) is 4.99 Å². The summed E-state index contributed by atoms with van der Waals surface area (Å²) in [6.07, 6.45) is 1.51. The van der Waals surface area contributed by atoms with Crippen LogP contribution < -0.4 is 10.9 Å². The SMILES string of the molecule is O=C1NNC=NC1c1cccc2ccccc12. The number of fused-ring (bicyclic) bond motifs is 1. The molecule has 1 aliphatic rings. The molecule has 4 heteroatoms. The summed E-state index contributed by atoms with van der Waals surface area (Å²) < 4.78 is 0. The minimum atomic E-state index is -0.470. The van der Waals surface area contributed by atoms with E-state index in [-0.39, 0.29) is 5.91 Å². The van der Waals surface area contributed by atoms with E-state index in [1.807, 2.05) is 42.5 Å². The molecule has 1 heterocycles. The predicted molar refractivity (Wildman–Crippen MR) is 66.5 cm³/mol. The average molecular weight is 225 g/mol. The third kappa shape index (κ3) is 1.63. The van der Waals surface area contributed by atoms with Gasteiger partial charge in [0, 0.05) is 0 Å². The third-order valence-corrected chi connectivity index (χ3v) is 2.85. The summed E-state index contributed by atoms with van der Waals surface area (Å²) in [5.41, 5.74) is 6.08. The van der Waals surface area contributed by atoms with E-state index in [2.05, 4.69) is 15.8 Å². The minimum Gasteiger partial charge on any atom is -0.288 e. The number of hydrazine groups is 1. The molecular formula is C13H11N3O. The molecule has 84 valence electrons. The molecule has 2 aromatic rings. The fourth-order valence-electron chi connectivity index (χ4n) is 2.06.